The largest absolute Gasteiger partial charge is 0.386 e. The molecule has 1 unspecified atom stereocenters. The molecule has 0 saturated heterocycles. The molecule has 3 aromatic rings. The number of aromatic nitrogens is 1. The molecule has 2 heterocycles. The first-order chi connectivity index (χ1) is 12.7. The van der Waals surface area contributed by atoms with E-state index in [9.17, 15) is 9.50 Å². The van der Waals surface area contributed by atoms with E-state index < -0.39 is 6.10 Å². The van der Waals surface area contributed by atoms with Crippen LogP contribution in [0.1, 0.15) is 23.6 Å². The highest BCUT2D eigenvalue weighted by Crippen LogP contribution is 2.29. The minimum atomic E-state index is -0.650. The van der Waals surface area contributed by atoms with Crippen LogP contribution >= 0.6 is 11.3 Å². The Hall–Kier alpha value is -2.51. The highest BCUT2D eigenvalue weighted by atomic mass is 32.1. The van der Waals surface area contributed by atoms with Crippen LogP contribution in [0.15, 0.2) is 53.7 Å². The lowest BCUT2D eigenvalue weighted by Gasteiger charge is -2.14. The Morgan fingerprint density at radius 3 is 2.88 bits per heavy atom. The lowest BCUT2D eigenvalue weighted by Crippen LogP contribution is -2.39. The summed E-state index contributed by atoms with van der Waals surface area (Å²) in [6, 6.07) is 12.9. The van der Waals surface area contributed by atoms with Crippen LogP contribution in [-0.4, -0.2) is 29.1 Å². The number of rotatable bonds is 6. The zero-order valence-corrected chi connectivity index (χ0v) is 15.3. The van der Waals surface area contributed by atoms with Crippen molar-refractivity contribution in [1.29, 1.82) is 0 Å². The first-order valence-corrected chi connectivity index (χ1v) is 9.27. The maximum atomic E-state index is 13.7. The molecule has 0 aliphatic rings. The van der Waals surface area contributed by atoms with Gasteiger partial charge >= 0.3 is 0 Å². The Kier molecular flexibility index (Phi) is 6.14. The fourth-order valence-corrected chi connectivity index (χ4v) is 3.54. The van der Waals surface area contributed by atoms with Gasteiger partial charge in [0, 0.05) is 28.9 Å². The number of hydrogen-bond donors (Lipinski definition) is 3. The van der Waals surface area contributed by atoms with E-state index in [-0.39, 0.29) is 18.1 Å². The highest BCUT2D eigenvalue weighted by Gasteiger charge is 2.12. The monoisotopic (exact) mass is 372 g/mol. The molecule has 0 aliphatic heterocycles. The van der Waals surface area contributed by atoms with E-state index in [1.165, 1.54) is 6.07 Å². The van der Waals surface area contributed by atoms with Crippen molar-refractivity contribution in [3.8, 4) is 0 Å². The SMILES string of the molecule is CCNC(=NCc1ncccc1F)NCC(O)c1cc2ccccc2s1. The normalized spacial score (nSPS) is 13.0. The number of aliphatic hydroxyl groups is 1. The van der Waals surface area contributed by atoms with Gasteiger partial charge < -0.3 is 15.7 Å². The quantitative estimate of drug-likeness (QED) is 0.459. The summed E-state index contributed by atoms with van der Waals surface area (Å²) in [5.41, 5.74) is 0.287. The number of pyridine rings is 1. The number of fused-ring (bicyclic) bond motifs is 1. The van der Waals surface area contributed by atoms with Gasteiger partial charge in [-0.2, -0.15) is 0 Å². The summed E-state index contributed by atoms with van der Waals surface area (Å²) in [6.45, 7) is 3.04. The summed E-state index contributed by atoms with van der Waals surface area (Å²) >= 11 is 1.57. The third kappa shape index (κ3) is 4.56. The van der Waals surface area contributed by atoms with E-state index in [0.717, 1.165) is 15.0 Å². The van der Waals surface area contributed by atoms with Gasteiger partial charge in [-0.15, -0.1) is 11.3 Å². The number of aliphatic imine (C=N–C) groups is 1. The van der Waals surface area contributed by atoms with Crippen LogP contribution in [0.5, 0.6) is 0 Å². The average molecular weight is 372 g/mol. The first kappa shape index (κ1) is 18.3. The van der Waals surface area contributed by atoms with Crippen LogP contribution in [-0.2, 0) is 6.54 Å². The van der Waals surface area contributed by atoms with Gasteiger partial charge in [-0.25, -0.2) is 9.38 Å². The van der Waals surface area contributed by atoms with Crippen LogP contribution < -0.4 is 10.6 Å². The Labute approximate surface area is 155 Å². The molecule has 5 nitrogen and oxygen atoms in total. The number of hydrogen-bond acceptors (Lipinski definition) is 4. The van der Waals surface area contributed by atoms with Gasteiger partial charge in [-0.3, -0.25) is 4.98 Å². The number of halogens is 1. The Bertz CT molecular complexity index is 863. The van der Waals surface area contributed by atoms with Crippen LogP contribution in [0.2, 0.25) is 0 Å². The van der Waals surface area contributed by atoms with Gasteiger partial charge in [0.1, 0.15) is 11.9 Å². The van der Waals surface area contributed by atoms with E-state index >= 15 is 0 Å². The number of nitrogens with one attached hydrogen (secondary N) is 2. The number of nitrogens with zero attached hydrogens (tertiary/aromatic N) is 2. The molecule has 136 valence electrons. The Balaban J connectivity index is 1.64. The maximum Gasteiger partial charge on any atom is 0.191 e. The molecule has 1 aromatic carbocycles. The molecule has 0 fully saturated rings. The van der Waals surface area contributed by atoms with Crippen molar-refractivity contribution in [3.63, 3.8) is 0 Å². The third-order valence-electron chi connectivity index (χ3n) is 3.80. The molecule has 26 heavy (non-hydrogen) atoms. The number of benzene rings is 1. The second-order valence-corrected chi connectivity index (χ2v) is 6.83. The van der Waals surface area contributed by atoms with Crippen molar-refractivity contribution in [2.75, 3.05) is 13.1 Å². The van der Waals surface area contributed by atoms with Crippen LogP contribution in [0, 0.1) is 5.82 Å². The fraction of sp³-hybridized carbons (Fsp3) is 0.263. The summed E-state index contributed by atoms with van der Waals surface area (Å²) < 4.78 is 14.8. The molecule has 0 bridgehead atoms. The molecular weight excluding hydrogens is 351 g/mol. The molecule has 0 saturated carbocycles. The predicted molar refractivity (Wildman–Crippen MR) is 104 cm³/mol. The van der Waals surface area contributed by atoms with Crippen molar-refractivity contribution in [3.05, 3.63) is 65.0 Å². The number of thiophene rings is 1. The second kappa shape index (κ2) is 8.73. The van der Waals surface area contributed by atoms with Gasteiger partial charge in [0.2, 0.25) is 0 Å². The molecule has 0 aliphatic carbocycles. The lowest BCUT2D eigenvalue weighted by molar-refractivity contribution is 0.184. The summed E-state index contributed by atoms with van der Waals surface area (Å²) in [6.07, 6.45) is 0.891. The summed E-state index contributed by atoms with van der Waals surface area (Å²) in [7, 11) is 0. The van der Waals surface area contributed by atoms with Crippen LogP contribution in [0.3, 0.4) is 0 Å². The van der Waals surface area contributed by atoms with Crippen molar-refractivity contribution >= 4 is 27.4 Å². The van der Waals surface area contributed by atoms with E-state index in [4.69, 9.17) is 0 Å². The molecule has 0 spiro atoms. The van der Waals surface area contributed by atoms with E-state index in [1.54, 1.807) is 23.6 Å². The summed E-state index contributed by atoms with van der Waals surface area (Å²) in [4.78, 5) is 9.22. The maximum absolute atomic E-state index is 13.7. The summed E-state index contributed by atoms with van der Waals surface area (Å²) in [5.74, 6) is 0.134. The molecule has 7 heteroatoms. The standard InChI is InChI=1S/C19H21FN4OS/c1-2-21-19(23-11-15-14(20)7-5-9-22-15)24-12-16(25)18-10-13-6-3-4-8-17(13)26-18/h3-10,16,25H,2,11-12H2,1H3,(H2,21,23,24). The van der Waals surface area contributed by atoms with Gasteiger partial charge in [-0.1, -0.05) is 18.2 Å². The minimum absolute atomic E-state index is 0.126. The smallest absolute Gasteiger partial charge is 0.191 e. The van der Waals surface area contributed by atoms with Gasteiger partial charge in [0.05, 0.1) is 12.2 Å². The predicted octanol–water partition coefficient (Wildman–Crippen LogP) is 3.22. The van der Waals surface area contributed by atoms with Gasteiger partial charge in [-0.05, 0) is 36.6 Å². The van der Waals surface area contributed by atoms with E-state index in [0.29, 0.717) is 19.0 Å². The third-order valence-corrected chi connectivity index (χ3v) is 5.02. The minimum Gasteiger partial charge on any atom is -0.386 e. The second-order valence-electron chi connectivity index (χ2n) is 5.71. The fourth-order valence-electron chi connectivity index (χ4n) is 2.49. The topological polar surface area (TPSA) is 69.5 Å². The highest BCUT2D eigenvalue weighted by molar-refractivity contribution is 7.19. The molecule has 2 aromatic heterocycles. The summed E-state index contributed by atoms with van der Waals surface area (Å²) in [5, 5.41) is 17.8. The first-order valence-electron chi connectivity index (χ1n) is 8.45. The zero-order chi connectivity index (χ0) is 18.4. The van der Waals surface area contributed by atoms with Crippen molar-refractivity contribution < 1.29 is 9.50 Å². The van der Waals surface area contributed by atoms with Crippen LogP contribution in [0.4, 0.5) is 4.39 Å². The number of aliphatic hydroxyl groups excluding tert-OH is 1. The van der Waals surface area contributed by atoms with E-state index in [2.05, 4.69) is 20.6 Å². The zero-order valence-electron chi connectivity index (χ0n) is 14.4. The van der Waals surface area contributed by atoms with Crippen molar-refractivity contribution in [1.82, 2.24) is 15.6 Å². The number of guanidine groups is 1. The molecule has 1 atom stereocenters. The molecule has 3 N–H and O–H groups in total. The Morgan fingerprint density at radius 2 is 2.12 bits per heavy atom. The van der Waals surface area contributed by atoms with Crippen molar-refractivity contribution in [2.45, 2.75) is 19.6 Å². The average Bonchev–Trinajstić information content (AvgIpc) is 3.09. The Morgan fingerprint density at radius 1 is 1.27 bits per heavy atom. The van der Waals surface area contributed by atoms with Gasteiger partial charge in [0.15, 0.2) is 5.96 Å². The molecule has 0 radical (unpaired) electrons. The van der Waals surface area contributed by atoms with Gasteiger partial charge in [0.25, 0.3) is 0 Å². The molecular formula is C19H21FN4OS. The molecule has 0 amide bonds. The van der Waals surface area contributed by atoms with E-state index in [1.807, 2.05) is 37.3 Å². The molecule has 3 rings (SSSR count). The van der Waals surface area contributed by atoms with Crippen molar-refractivity contribution in [2.24, 2.45) is 4.99 Å². The van der Waals surface area contributed by atoms with Crippen LogP contribution in [0.25, 0.3) is 10.1 Å². The lowest BCUT2D eigenvalue weighted by atomic mass is 10.2.